The average molecular weight is 444 g/mol. The maximum atomic E-state index is 11.3. The summed E-state index contributed by atoms with van der Waals surface area (Å²) in [5.74, 6) is 0. The zero-order valence-electron chi connectivity index (χ0n) is 14.6. The van der Waals surface area contributed by atoms with Gasteiger partial charge >= 0.3 is 5.69 Å². The van der Waals surface area contributed by atoms with E-state index in [1.54, 1.807) is 6.07 Å². The van der Waals surface area contributed by atoms with Gasteiger partial charge in [-0.05, 0) is 35.0 Å². The molecule has 1 N–H and O–H groups in total. The molecule has 0 spiro atoms. The van der Waals surface area contributed by atoms with Crippen molar-refractivity contribution in [1.82, 2.24) is 0 Å². The Kier molecular flexibility index (Phi) is 5.59. The van der Waals surface area contributed by atoms with Gasteiger partial charge in [-0.2, -0.15) is 0 Å². The lowest BCUT2D eigenvalue weighted by Crippen LogP contribution is -1.96. The van der Waals surface area contributed by atoms with E-state index in [0.717, 1.165) is 35.1 Å². The second-order valence-electron chi connectivity index (χ2n) is 5.72. The zero-order chi connectivity index (χ0) is 20.3. The highest BCUT2D eigenvalue weighted by Crippen LogP contribution is 2.40. The van der Waals surface area contributed by atoms with Crippen LogP contribution in [0.4, 0.5) is 28.4 Å². The maximum Gasteiger partial charge on any atom is 0.304 e. The molecule has 3 rings (SSSR count). The van der Waals surface area contributed by atoms with E-state index in [-0.39, 0.29) is 10.2 Å². The van der Waals surface area contributed by atoms with Crippen LogP contribution in [0, 0.1) is 20.2 Å². The Bertz CT molecular complexity index is 1120. The number of benzene rings is 3. The van der Waals surface area contributed by atoms with Gasteiger partial charge in [0, 0.05) is 29.1 Å². The largest absolute Gasteiger partial charge is 0.385 e. The summed E-state index contributed by atoms with van der Waals surface area (Å²) in [5, 5.41) is 35.5. The van der Waals surface area contributed by atoms with Crippen LogP contribution in [0.2, 0.25) is 0 Å². The lowest BCUT2D eigenvalue weighted by Gasteiger charge is -2.09. The second kappa shape index (κ2) is 8.09. The Morgan fingerprint density at radius 1 is 1.00 bits per heavy atom. The Hall–Kier alpha value is -3.40. The first kappa shape index (κ1) is 19.4. The highest BCUT2D eigenvalue weighted by molar-refractivity contribution is 9.10. The molecule has 3 aromatic rings. The number of non-ortho nitro benzene ring substituents is 1. The minimum Gasteiger partial charge on any atom is -0.385 e. The molecule has 9 nitrogen and oxygen atoms in total. The Morgan fingerprint density at radius 2 is 1.71 bits per heavy atom. The summed E-state index contributed by atoms with van der Waals surface area (Å²) in [6.45, 7) is 2.75. The molecule has 0 aliphatic rings. The number of azo groups is 1. The second-order valence-corrected chi connectivity index (χ2v) is 6.57. The normalized spacial score (nSPS) is 11.1. The third kappa shape index (κ3) is 3.81. The van der Waals surface area contributed by atoms with Crippen molar-refractivity contribution in [2.45, 2.75) is 6.92 Å². The maximum absolute atomic E-state index is 11.3. The molecular weight excluding hydrogens is 430 g/mol. The third-order valence-corrected chi connectivity index (χ3v) is 4.57. The van der Waals surface area contributed by atoms with E-state index in [9.17, 15) is 20.2 Å². The van der Waals surface area contributed by atoms with Crippen LogP contribution in [0.3, 0.4) is 0 Å². The van der Waals surface area contributed by atoms with Crippen LogP contribution in [0.1, 0.15) is 6.92 Å². The number of nitrogens with zero attached hydrogens (tertiary/aromatic N) is 4. The van der Waals surface area contributed by atoms with Crippen molar-refractivity contribution in [3.05, 3.63) is 73.2 Å². The van der Waals surface area contributed by atoms with Crippen molar-refractivity contribution in [3.8, 4) is 0 Å². The van der Waals surface area contributed by atoms with Crippen molar-refractivity contribution in [3.63, 3.8) is 0 Å². The molecular formula is C18H14BrN5O4. The SMILES string of the molecule is CCNc1ccc(N=Nc2c(Br)cc([N+](=O)[O-])cc2[N+](=O)[O-])c2ccccc12. The number of hydrogen-bond acceptors (Lipinski definition) is 7. The molecule has 0 aliphatic heterocycles. The van der Waals surface area contributed by atoms with Gasteiger partial charge in [-0.3, -0.25) is 20.2 Å². The van der Waals surface area contributed by atoms with E-state index in [1.165, 1.54) is 0 Å². The molecule has 0 aromatic heterocycles. The van der Waals surface area contributed by atoms with Crippen LogP contribution in [-0.4, -0.2) is 16.4 Å². The molecule has 0 saturated heterocycles. The van der Waals surface area contributed by atoms with E-state index in [1.807, 2.05) is 37.3 Å². The topological polar surface area (TPSA) is 123 Å². The molecule has 28 heavy (non-hydrogen) atoms. The van der Waals surface area contributed by atoms with Crippen LogP contribution in [0.15, 0.2) is 63.2 Å². The number of fused-ring (bicyclic) bond motifs is 1. The number of rotatable bonds is 6. The molecule has 0 heterocycles. The van der Waals surface area contributed by atoms with Crippen molar-refractivity contribution in [2.24, 2.45) is 10.2 Å². The van der Waals surface area contributed by atoms with Crippen molar-refractivity contribution < 1.29 is 9.85 Å². The fourth-order valence-electron chi connectivity index (χ4n) is 2.73. The van der Waals surface area contributed by atoms with Crippen LogP contribution in [0.5, 0.6) is 0 Å². The Labute approximate surface area is 167 Å². The number of anilines is 1. The van der Waals surface area contributed by atoms with Gasteiger partial charge < -0.3 is 5.32 Å². The smallest absolute Gasteiger partial charge is 0.304 e. The molecule has 0 aliphatic carbocycles. The van der Waals surface area contributed by atoms with Crippen molar-refractivity contribution in [1.29, 1.82) is 0 Å². The molecule has 0 bridgehead atoms. The predicted octanol–water partition coefficient (Wildman–Crippen LogP) is 6.27. The molecule has 0 amide bonds. The Morgan fingerprint density at radius 3 is 2.36 bits per heavy atom. The summed E-state index contributed by atoms with van der Waals surface area (Å²) in [5.41, 5.74) is 0.475. The van der Waals surface area contributed by atoms with E-state index < -0.39 is 21.2 Å². The summed E-state index contributed by atoms with van der Waals surface area (Å²) in [6, 6.07) is 13.2. The van der Waals surface area contributed by atoms with E-state index >= 15 is 0 Å². The summed E-state index contributed by atoms with van der Waals surface area (Å²) in [4.78, 5) is 20.9. The van der Waals surface area contributed by atoms with Gasteiger partial charge in [-0.15, -0.1) is 10.2 Å². The van der Waals surface area contributed by atoms with Gasteiger partial charge in [0.15, 0.2) is 5.69 Å². The monoisotopic (exact) mass is 443 g/mol. The first-order chi connectivity index (χ1) is 13.4. The summed E-state index contributed by atoms with van der Waals surface area (Å²) >= 11 is 3.12. The number of hydrogen-bond donors (Lipinski definition) is 1. The molecule has 0 unspecified atom stereocenters. The molecule has 10 heteroatoms. The first-order valence-electron chi connectivity index (χ1n) is 8.22. The highest BCUT2D eigenvalue weighted by Gasteiger charge is 2.23. The lowest BCUT2D eigenvalue weighted by molar-refractivity contribution is -0.393. The third-order valence-electron chi connectivity index (χ3n) is 3.96. The van der Waals surface area contributed by atoms with Gasteiger partial charge in [0.2, 0.25) is 0 Å². The number of nitrogens with one attached hydrogen (secondary N) is 1. The number of nitro benzene ring substituents is 2. The average Bonchev–Trinajstić information content (AvgIpc) is 2.67. The minimum absolute atomic E-state index is 0.0876. The van der Waals surface area contributed by atoms with Gasteiger partial charge in [0.05, 0.1) is 26.1 Å². The summed E-state index contributed by atoms with van der Waals surface area (Å²) in [7, 11) is 0. The highest BCUT2D eigenvalue weighted by atomic mass is 79.9. The van der Waals surface area contributed by atoms with E-state index in [4.69, 9.17) is 0 Å². The molecule has 142 valence electrons. The standard InChI is InChI=1S/C18H14BrN5O4/c1-2-20-15-7-8-16(13-6-4-3-5-12(13)15)21-22-18-14(19)9-11(23(25)26)10-17(18)24(27)28/h3-10,20H,2H2,1H3. The molecule has 0 radical (unpaired) electrons. The van der Waals surface area contributed by atoms with Crippen molar-refractivity contribution >= 4 is 55.1 Å². The van der Waals surface area contributed by atoms with Crippen LogP contribution in [0.25, 0.3) is 10.8 Å². The number of halogens is 1. The van der Waals surface area contributed by atoms with Crippen LogP contribution in [-0.2, 0) is 0 Å². The van der Waals surface area contributed by atoms with E-state index in [0.29, 0.717) is 5.69 Å². The quantitative estimate of drug-likeness (QED) is 0.273. The fraction of sp³-hybridized carbons (Fsp3) is 0.111. The van der Waals surface area contributed by atoms with Crippen LogP contribution < -0.4 is 5.32 Å². The summed E-state index contributed by atoms with van der Waals surface area (Å²) < 4.78 is 0.116. The van der Waals surface area contributed by atoms with Crippen LogP contribution >= 0.6 is 15.9 Å². The minimum atomic E-state index is -0.724. The molecule has 3 aromatic carbocycles. The Balaban J connectivity index is 2.11. The van der Waals surface area contributed by atoms with Crippen molar-refractivity contribution in [2.75, 3.05) is 11.9 Å². The van der Waals surface area contributed by atoms with Gasteiger partial charge in [0.1, 0.15) is 0 Å². The predicted molar refractivity (Wildman–Crippen MR) is 110 cm³/mol. The fourth-order valence-corrected chi connectivity index (χ4v) is 3.25. The first-order valence-corrected chi connectivity index (χ1v) is 9.01. The van der Waals surface area contributed by atoms with Gasteiger partial charge in [-0.1, -0.05) is 24.3 Å². The zero-order valence-corrected chi connectivity index (χ0v) is 16.2. The van der Waals surface area contributed by atoms with E-state index in [2.05, 4.69) is 31.5 Å². The molecule has 0 saturated carbocycles. The lowest BCUT2D eigenvalue weighted by atomic mass is 10.1. The molecule has 0 atom stereocenters. The summed E-state index contributed by atoms with van der Waals surface area (Å²) in [6.07, 6.45) is 0. The number of nitro groups is 2. The molecule has 0 fully saturated rings. The van der Waals surface area contributed by atoms with Gasteiger partial charge in [0.25, 0.3) is 5.69 Å². The van der Waals surface area contributed by atoms with Gasteiger partial charge in [-0.25, -0.2) is 0 Å².